The number of aliphatic carboxylic acids is 1. The zero-order chi connectivity index (χ0) is 12.1. The van der Waals surface area contributed by atoms with Gasteiger partial charge in [0.2, 0.25) is 0 Å². The standard InChI is InChI=1S/C10H11BrN2O3/c1-12-8(10(15)16)9(14)13-7-4-2-6(11)3-5-7/h2-5,8,12H,1H3,(H,13,14)(H,15,16). The van der Waals surface area contributed by atoms with Gasteiger partial charge in [0.1, 0.15) is 0 Å². The molecule has 1 aromatic carbocycles. The van der Waals surface area contributed by atoms with Gasteiger partial charge in [-0.1, -0.05) is 15.9 Å². The summed E-state index contributed by atoms with van der Waals surface area (Å²) in [6, 6.07) is 5.62. The van der Waals surface area contributed by atoms with E-state index in [9.17, 15) is 9.59 Å². The molecule has 1 aromatic rings. The second-order valence-corrected chi connectivity index (χ2v) is 3.97. The first-order valence-electron chi connectivity index (χ1n) is 4.51. The van der Waals surface area contributed by atoms with E-state index in [0.29, 0.717) is 5.69 Å². The van der Waals surface area contributed by atoms with Gasteiger partial charge in [-0.05, 0) is 31.3 Å². The lowest BCUT2D eigenvalue weighted by atomic mass is 10.2. The number of anilines is 1. The number of rotatable bonds is 4. The van der Waals surface area contributed by atoms with Crippen molar-refractivity contribution in [3.8, 4) is 0 Å². The van der Waals surface area contributed by atoms with E-state index in [1.807, 2.05) is 0 Å². The van der Waals surface area contributed by atoms with Crippen LogP contribution in [0.4, 0.5) is 5.69 Å². The molecular weight excluding hydrogens is 276 g/mol. The number of carbonyl (C=O) groups excluding carboxylic acids is 1. The van der Waals surface area contributed by atoms with Gasteiger partial charge in [-0.25, -0.2) is 4.79 Å². The predicted molar refractivity (Wildman–Crippen MR) is 63.3 cm³/mol. The van der Waals surface area contributed by atoms with Crippen molar-refractivity contribution < 1.29 is 14.7 Å². The van der Waals surface area contributed by atoms with Crippen LogP contribution < -0.4 is 10.6 Å². The summed E-state index contributed by atoms with van der Waals surface area (Å²) >= 11 is 3.26. The number of carboxylic acid groups (broad SMARTS) is 1. The fourth-order valence-electron chi connectivity index (χ4n) is 1.11. The summed E-state index contributed by atoms with van der Waals surface area (Å²) in [4.78, 5) is 22.2. The van der Waals surface area contributed by atoms with E-state index in [1.54, 1.807) is 24.3 Å². The lowest BCUT2D eigenvalue weighted by Gasteiger charge is -2.11. The van der Waals surface area contributed by atoms with E-state index in [0.717, 1.165) is 4.47 Å². The third-order valence-corrected chi connectivity index (χ3v) is 2.44. The molecule has 1 rings (SSSR count). The number of likely N-dealkylation sites (N-methyl/N-ethyl adjacent to an activating group) is 1. The molecule has 1 atom stereocenters. The second-order valence-electron chi connectivity index (χ2n) is 3.06. The first-order chi connectivity index (χ1) is 7.54. The number of carboxylic acids is 1. The number of benzene rings is 1. The Morgan fingerprint density at radius 2 is 1.88 bits per heavy atom. The third-order valence-electron chi connectivity index (χ3n) is 1.91. The summed E-state index contributed by atoms with van der Waals surface area (Å²) < 4.78 is 0.883. The quantitative estimate of drug-likeness (QED) is 0.724. The molecule has 1 amide bonds. The van der Waals surface area contributed by atoms with E-state index in [4.69, 9.17) is 5.11 Å². The number of hydrogen-bond donors (Lipinski definition) is 3. The van der Waals surface area contributed by atoms with E-state index >= 15 is 0 Å². The monoisotopic (exact) mass is 286 g/mol. The van der Waals surface area contributed by atoms with Crippen molar-refractivity contribution in [3.05, 3.63) is 28.7 Å². The molecule has 3 N–H and O–H groups in total. The molecule has 1 unspecified atom stereocenters. The van der Waals surface area contributed by atoms with Crippen LogP contribution in [0.25, 0.3) is 0 Å². The Morgan fingerprint density at radius 3 is 2.31 bits per heavy atom. The van der Waals surface area contributed by atoms with Crippen molar-refractivity contribution in [1.29, 1.82) is 0 Å². The highest BCUT2D eigenvalue weighted by atomic mass is 79.9. The minimum absolute atomic E-state index is 0.551. The van der Waals surface area contributed by atoms with Crippen LogP contribution >= 0.6 is 15.9 Å². The highest BCUT2D eigenvalue weighted by Crippen LogP contribution is 2.14. The maximum atomic E-state index is 11.5. The van der Waals surface area contributed by atoms with Crippen molar-refractivity contribution in [3.63, 3.8) is 0 Å². The maximum Gasteiger partial charge on any atom is 0.330 e. The summed E-state index contributed by atoms with van der Waals surface area (Å²) in [5.41, 5.74) is 0.551. The predicted octanol–water partition coefficient (Wildman–Crippen LogP) is 1.06. The molecule has 0 fully saturated rings. The Kier molecular flexibility index (Phi) is 4.45. The molecule has 0 aliphatic rings. The number of halogens is 1. The second kappa shape index (κ2) is 5.62. The van der Waals surface area contributed by atoms with Gasteiger partial charge in [-0.15, -0.1) is 0 Å². The van der Waals surface area contributed by atoms with E-state index < -0.39 is 17.9 Å². The lowest BCUT2D eigenvalue weighted by molar-refractivity contribution is -0.142. The molecule has 0 bridgehead atoms. The fraction of sp³-hybridized carbons (Fsp3) is 0.200. The highest BCUT2D eigenvalue weighted by Gasteiger charge is 2.23. The molecule has 0 heterocycles. The summed E-state index contributed by atoms with van der Waals surface area (Å²) in [5.74, 6) is -1.81. The van der Waals surface area contributed by atoms with Crippen molar-refractivity contribution in [2.24, 2.45) is 0 Å². The number of amides is 1. The molecule has 0 radical (unpaired) electrons. The van der Waals surface area contributed by atoms with Gasteiger partial charge in [0.25, 0.3) is 5.91 Å². The van der Waals surface area contributed by atoms with Crippen molar-refractivity contribution >= 4 is 33.5 Å². The Balaban J connectivity index is 2.70. The SMILES string of the molecule is CNC(C(=O)O)C(=O)Nc1ccc(Br)cc1. The summed E-state index contributed by atoms with van der Waals surface area (Å²) in [6.45, 7) is 0. The molecule has 0 saturated carbocycles. The normalized spacial score (nSPS) is 11.9. The number of carbonyl (C=O) groups is 2. The van der Waals surface area contributed by atoms with Crippen LogP contribution in [0.15, 0.2) is 28.7 Å². The van der Waals surface area contributed by atoms with Crippen molar-refractivity contribution in [2.75, 3.05) is 12.4 Å². The zero-order valence-electron chi connectivity index (χ0n) is 8.53. The molecule has 16 heavy (non-hydrogen) atoms. The van der Waals surface area contributed by atoms with Crippen LogP contribution in [-0.4, -0.2) is 30.1 Å². The zero-order valence-corrected chi connectivity index (χ0v) is 10.1. The van der Waals surface area contributed by atoms with Gasteiger partial charge in [-0.2, -0.15) is 0 Å². The van der Waals surface area contributed by atoms with Crippen LogP contribution in [0.1, 0.15) is 0 Å². The largest absolute Gasteiger partial charge is 0.480 e. The van der Waals surface area contributed by atoms with Crippen LogP contribution in [0.5, 0.6) is 0 Å². The summed E-state index contributed by atoms with van der Waals surface area (Å²) in [6.07, 6.45) is 0. The smallest absolute Gasteiger partial charge is 0.330 e. The van der Waals surface area contributed by atoms with Crippen molar-refractivity contribution in [2.45, 2.75) is 6.04 Å². The molecule has 86 valence electrons. The Hall–Kier alpha value is -1.40. The van der Waals surface area contributed by atoms with E-state index in [-0.39, 0.29) is 0 Å². The Morgan fingerprint density at radius 1 is 1.31 bits per heavy atom. The summed E-state index contributed by atoms with van der Waals surface area (Å²) in [7, 11) is 1.42. The molecule has 0 aromatic heterocycles. The maximum absolute atomic E-state index is 11.5. The molecule has 0 aliphatic heterocycles. The van der Waals surface area contributed by atoms with Crippen LogP contribution in [0.2, 0.25) is 0 Å². The van der Waals surface area contributed by atoms with Gasteiger partial charge in [0.15, 0.2) is 6.04 Å². The summed E-state index contributed by atoms with van der Waals surface area (Å²) in [5, 5.41) is 13.6. The van der Waals surface area contributed by atoms with E-state index in [1.165, 1.54) is 7.05 Å². The molecule has 5 nitrogen and oxygen atoms in total. The van der Waals surface area contributed by atoms with Gasteiger partial charge >= 0.3 is 5.97 Å². The molecular formula is C10H11BrN2O3. The van der Waals surface area contributed by atoms with Crippen molar-refractivity contribution in [1.82, 2.24) is 5.32 Å². The lowest BCUT2D eigenvalue weighted by Crippen LogP contribution is -2.44. The van der Waals surface area contributed by atoms with Gasteiger partial charge < -0.3 is 10.4 Å². The Labute approximate surface area is 101 Å². The first kappa shape index (κ1) is 12.7. The van der Waals surface area contributed by atoms with Gasteiger partial charge in [0, 0.05) is 10.2 Å². The number of hydrogen-bond acceptors (Lipinski definition) is 3. The minimum atomic E-state index is -1.25. The van der Waals surface area contributed by atoms with Gasteiger partial charge in [-0.3, -0.25) is 10.1 Å². The van der Waals surface area contributed by atoms with Crippen LogP contribution in [0, 0.1) is 0 Å². The number of nitrogens with one attached hydrogen (secondary N) is 2. The Bertz CT molecular complexity index is 392. The average Bonchev–Trinajstić information content (AvgIpc) is 2.22. The molecule has 0 spiro atoms. The molecule has 6 heteroatoms. The topological polar surface area (TPSA) is 78.4 Å². The first-order valence-corrected chi connectivity index (χ1v) is 5.30. The highest BCUT2D eigenvalue weighted by molar-refractivity contribution is 9.10. The molecule has 0 saturated heterocycles. The van der Waals surface area contributed by atoms with Crippen LogP contribution in [-0.2, 0) is 9.59 Å². The van der Waals surface area contributed by atoms with Gasteiger partial charge in [0.05, 0.1) is 0 Å². The fourth-order valence-corrected chi connectivity index (χ4v) is 1.38. The van der Waals surface area contributed by atoms with E-state index in [2.05, 4.69) is 26.6 Å². The minimum Gasteiger partial charge on any atom is -0.480 e. The molecule has 0 aliphatic carbocycles. The average molecular weight is 287 g/mol. The van der Waals surface area contributed by atoms with Crippen LogP contribution in [0.3, 0.4) is 0 Å². The third kappa shape index (κ3) is 3.32.